The third kappa shape index (κ3) is 3.59. The fourth-order valence-electron chi connectivity index (χ4n) is 1.64. The predicted octanol–water partition coefficient (Wildman–Crippen LogP) is 1.73. The van der Waals surface area contributed by atoms with Gasteiger partial charge in [0.05, 0.1) is 12.2 Å². The van der Waals surface area contributed by atoms with E-state index in [0.717, 1.165) is 5.69 Å². The van der Waals surface area contributed by atoms with Gasteiger partial charge in [-0.1, -0.05) is 12.1 Å². The van der Waals surface area contributed by atoms with Gasteiger partial charge in [0.2, 0.25) is 5.95 Å². The van der Waals surface area contributed by atoms with Crippen molar-refractivity contribution in [3.05, 3.63) is 41.7 Å². The molecule has 6 heteroatoms. The van der Waals surface area contributed by atoms with Crippen molar-refractivity contribution in [3.8, 4) is 11.8 Å². The number of nitrogens with two attached hydrogens (primary N) is 1. The number of hydrogen-bond acceptors (Lipinski definition) is 6. The van der Waals surface area contributed by atoms with Gasteiger partial charge in [0.25, 0.3) is 0 Å². The van der Waals surface area contributed by atoms with Crippen LogP contribution < -0.4 is 15.8 Å². The molecule has 0 fully saturated rings. The van der Waals surface area contributed by atoms with Crippen molar-refractivity contribution in [1.82, 2.24) is 9.97 Å². The number of aromatic nitrogens is 2. The molecule has 0 saturated heterocycles. The monoisotopic (exact) mass is 269 g/mol. The zero-order valence-corrected chi connectivity index (χ0v) is 11.1. The Morgan fingerprint density at radius 3 is 2.90 bits per heavy atom. The third-order valence-corrected chi connectivity index (χ3v) is 2.53. The minimum absolute atomic E-state index is 0.341. The van der Waals surface area contributed by atoms with Crippen LogP contribution in [0.5, 0.6) is 5.75 Å². The van der Waals surface area contributed by atoms with E-state index in [1.54, 1.807) is 12.1 Å². The molecular weight excluding hydrogens is 254 g/mol. The lowest BCUT2D eigenvalue weighted by atomic mass is 10.3. The first-order valence-corrected chi connectivity index (χ1v) is 6.16. The van der Waals surface area contributed by atoms with Gasteiger partial charge in [-0.05, 0) is 25.1 Å². The molecule has 0 radical (unpaired) electrons. The number of para-hydroxylation sites is 2. The molecule has 0 amide bonds. The number of rotatable bonds is 5. The van der Waals surface area contributed by atoms with Crippen LogP contribution in [0.3, 0.4) is 0 Å². The van der Waals surface area contributed by atoms with Gasteiger partial charge in [-0.15, -0.1) is 0 Å². The summed E-state index contributed by atoms with van der Waals surface area (Å²) in [4.78, 5) is 8.24. The molecule has 3 N–H and O–H groups in total. The summed E-state index contributed by atoms with van der Waals surface area (Å²) in [5.74, 6) is 1.07. The van der Waals surface area contributed by atoms with Crippen molar-refractivity contribution < 1.29 is 4.74 Å². The van der Waals surface area contributed by atoms with Crippen LogP contribution in [0.2, 0.25) is 0 Å². The molecular formula is C14H15N5O. The maximum absolute atomic E-state index is 8.83. The van der Waals surface area contributed by atoms with Crippen LogP contribution >= 0.6 is 0 Å². The first-order chi connectivity index (χ1) is 9.69. The number of benzene rings is 1. The number of ether oxygens (including phenoxy) is 1. The van der Waals surface area contributed by atoms with E-state index < -0.39 is 0 Å². The van der Waals surface area contributed by atoms with E-state index in [2.05, 4.69) is 15.3 Å². The second-order valence-corrected chi connectivity index (χ2v) is 4.14. The summed E-state index contributed by atoms with van der Waals surface area (Å²) in [7, 11) is 0. The summed E-state index contributed by atoms with van der Waals surface area (Å²) < 4.78 is 5.54. The standard InChI is InChI=1S/C14H15N5O/c1-10-8-11(9-15)19-14(18-10)17-6-7-20-13-5-3-2-4-12(13)16/h2-5,8H,6-7,16H2,1H3,(H,17,18,19). The summed E-state index contributed by atoms with van der Waals surface area (Å²) in [6, 6.07) is 10.9. The number of hydrogen-bond donors (Lipinski definition) is 2. The fourth-order valence-corrected chi connectivity index (χ4v) is 1.64. The second-order valence-electron chi connectivity index (χ2n) is 4.14. The number of aryl methyl sites for hydroxylation is 1. The van der Waals surface area contributed by atoms with Crippen LogP contribution in [0.4, 0.5) is 11.6 Å². The van der Waals surface area contributed by atoms with Gasteiger partial charge >= 0.3 is 0 Å². The average molecular weight is 269 g/mol. The molecule has 1 aromatic carbocycles. The topological polar surface area (TPSA) is 96.8 Å². The number of nitrogens with one attached hydrogen (secondary N) is 1. The molecule has 0 bridgehead atoms. The normalized spacial score (nSPS) is 9.80. The summed E-state index contributed by atoms with van der Waals surface area (Å²) in [6.45, 7) is 2.75. The number of nitrogen functional groups attached to an aromatic ring is 1. The Bertz CT molecular complexity index is 636. The Labute approximate surface area is 117 Å². The molecule has 20 heavy (non-hydrogen) atoms. The molecule has 6 nitrogen and oxygen atoms in total. The van der Waals surface area contributed by atoms with Gasteiger partial charge in [-0.3, -0.25) is 0 Å². The first-order valence-electron chi connectivity index (χ1n) is 6.16. The van der Waals surface area contributed by atoms with Gasteiger partial charge in [0.15, 0.2) is 0 Å². The SMILES string of the molecule is Cc1cc(C#N)nc(NCCOc2ccccc2N)n1. The molecule has 0 aliphatic rings. The van der Waals surface area contributed by atoms with E-state index in [-0.39, 0.29) is 0 Å². The van der Waals surface area contributed by atoms with Crippen molar-refractivity contribution in [2.45, 2.75) is 6.92 Å². The highest BCUT2D eigenvalue weighted by molar-refractivity contribution is 5.51. The van der Waals surface area contributed by atoms with Crippen LogP contribution in [0, 0.1) is 18.3 Å². The minimum atomic E-state index is 0.341. The molecule has 0 spiro atoms. The summed E-state index contributed by atoms with van der Waals surface area (Å²) in [5.41, 5.74) is 7.45. The molecule has 0 unspecified atom stereocenters. The van der Waals surface area contributed by atoms with E-state index in [0.29, 0.717) is 36.2 Å². The molecule has 0 aliphatic heterocycles. The zero-order chi connectivity index (χ0) is 14.4. The average Bonchev–Trinajstić information content (AvgIpc) is 2.44. The quantitative estimate of drug-likeness (QED) is 0.633. The fraction of sp³-hybridized carbons (Fsp3) is 0.214. The van der Waals surface area contributed by atoms with E-state index in [4.69, 9.17) is 15.7 Å². The third-order valence-electron chi connectivity index (χ3n) is 2.53. The smallest absolute Gasteiger partial charge is 0.224 e. The highest BCUT2D eigenvalue weighted by Crippen LogP contribution is 2.19. The Hall–Kier alpha value is -2.81. The highest BCUT2D eigenvalue weighted by Gasteiger charge is 2.02. The van der Waals surface area contributed by atoms with Crippen LogP contribution in [0.25, 0.3) is 0 Å². The van der Waals surface area contributed by atoms with E-state index in [9.17, 15) is 0 Å². The number of anilines is 2. The molecule has 1 heterocycles. The van der Waals surface area contributed by atoms with Gasteiger partial charge in [0.1, 0.15) is 24.1 Å². The van der Waals surface area contributed by atoms with Crippen molar-refractivity contribution in [3.63, 3.8) is 0 Å². The Kier molecular flexibility index (Phi) is 4.35. The highest BCUT2D eigenvalue weighted by atomic mass is 16.5. The molecule has 0 saturated carbocycles. The van der Waals surface area contributed by atoms with Crippen molar-refractivity contribution in [2.24, 2.45) is 0 Å². The second kappa shape index (κ2) is 6.38. The van der Waals surface area contributed by atoms with Crippen LogP contribution in [-0.2, 0) is 0 Å². The van der Waals surface area contributed by atoms with Gasteiger partial charge in [-0.2, -0.15) is 5.26 Å². The Balaban J connectivity index is 1.86. The Morgan fingerprint density at radius 1 is 1.35 bits per heavy atom. The largest absolute Gasteiger partial charge is 0.490 e. The maximum Gasteiger partial charge on any atom is 0.224 e. The summed E-state index contributed by atoms with van der Waals surface area (Å²) in [6.07, 6.45) is 0. The van der Waals surface area contributed by atoms with Crippen molar-refractivity contribution in [1.29, 1.82) is 5.26 Å². The van der Waals surface area contributed by atoms with Gasteiger partial charge < -0.3 is 15.8 Å². The zero-order valence-electron chi connectivity index (χ0n) is 11.1. The van der Waals surface area contributed by atoms with Crippen LogP contribution in [0.15, 0.2) is 30.3 Å². The van der Waals surface area contributed by atoms with Crippen molar-refractivity contribution >= 4 is 11.6 Å². The van der Waals surface area contributed by atoms with E-state index >= 15 is 0 Å². The molecule has 2 rings (SSSR count). The molecule has 1 aromatic heterocycles. The predicted molar refractivity (Wildman–Crippen MR) is 76.3 cm³/mol. The Morgan fingerprint density at radius 2 is 2.15 bits per heavy atom. The molecule has 2 aromatic rings. The van der Waals surface area contributed by atoms with Gasteiger partial charge in [-0.25, -0.2) is 9.97 Å². The molecule has 0 aliphatic carbocycles. The van der Waals surface area contributed by atoms with Crippen molar-refractivity contribution in [2.75, 3.05) is 24.2 Å². The first kappa shape index (κ1) is 13.6. The number of nitrogens with zero attached hydrogens (tertiary/aromatic N) is 3. The number of nitriles is 1. The minimum Gasteiger partial charge on any atom is -0.490 e. The van der Waals surface area contributed by atoms with Crippen LogP contribution in [-0.4, -0.2) is 23.1 Å². The van der Waals surface area contributed by atoms with Crippen LogP contribution in [0.1, 0.15) is 11.4 Å². The summed E-state index contributed by atoms with van der Waals surface area (Å²) in [5, 5.41) is 11.8. The van der Waals surface area contributed by atoms with Gasteiger partial charge in [0, 0.05) is 5.69 Å². The summed E-state index contributed by atoms with van der Waals surface area (Å²) >= 11 is 0. The maximum atomic E-state index is 8.83. The molecule has 0 atom stereocenters. The lowest BCUT2D eigenvalue weighted by Crippen LogP contribution is -2.14. The lowest BCUT2D eigenvalue weighted by Gasteiger charge is -2.09. The molecule has 102 valence electrons. The lowest BCUT2D eigenvalue weighted by molar-refractivity contribution is 0.334. The van der Waals surface area contributed by atoms with E-state index in [1.807, 2.05) is 31.2 Å². The van der Waals surface area contributed by atoms with E-state index in [1.165, 1.54) is 0 Å².